The first-order chi connectivity index (χ1) is 12.5. The van der Waals surface area contributed by atoms with E-state index in [1.165, 1.54) is 0 Å². The van der Waals surface area contributed by atoms with Crippen LogP contribution in [0.15, 0.2) is 24.4 Å². The zero-order valence-electron chi connectivity index (χ0n) is 15.1. The van der Waals surface area contributed by atoms with Crippen LogP contribution in [0.2, 0.25) is 0 Å². The van der Waals surface area contributed by atoms with Crippen molar-refractivity contribution >= 4 is 11.7 Å². The Labute approximate surface area is 152 Å². The van der Waals surface area contributed by atoms with Crippen LogP contribution in [0.1, 0.15) is 17.8 Å². The molecule has 4 rings (SSSR count). The summed E-state index contributed by atoms with van der Waals surface area (Å²) in [4.78, 5) is 18.8. The molecular weight excluding hydrogens is 334 g/mol. The van der Waals surface area contributed by atoms with Gasteiger partial charge in [0.25, 0.3) is 0 Å². The van der Waals surface area contributed by atoms with Gasteiger partial charge in [0.15, 0.2) is 5.82 Å². The largest absolute Gasteiger partial charge is 0.378 e. The average molecular weight is 357 g/mol. The quantitative estimate of drug-likeness (QED) is 0.888. The molecule has 4 heterocycles. The van der Waals surface area contributed by atoms with Crippen molar-refractivity contribution in [2.24, 2.45) is 0 Å². The van der Waals surface area contributed by atoms with Gasteiger partial charge in [-0.3, -0.25) is 0 Å². The number of aromatic nitrogens is 3. The summed E-state index contributed by atoms with van der Waals surface area (Å²) >= 11 is 0. The topological polar surface area (TPSA) is 81.5 Å². The molecule has 2 aliphatic heterocycles. The smallest absolute Gasteiger partial charge is 0.322 e. The Bertz CT molecular complexity index is 796. The van der Waals surface area contributed by atoms with Crippen LogP contribution in [0.4, 0.5) is 10.5 Å². The van der Waals surface area contributed by atoms with Gasteiger partial charge in [0.05, 0.1) is 37.3 Å². The molecule has 2 fully saturated rings. The van der Waals surface area contributed by atoms with Crippen LogP contribution in [0.5, 0.6) is 0 Å². The van der Waals surface area contributed by atoms with Crippen LogP contribution < -0.4 is 5.32 Å². The lowest BCUT2D eigenvalue weighted by Gasteiger charge is -2.39. The fourth-order valence-electron chi connectivity index (χ4n) is 3.49. The first kappa shape index (κ1) is 17.0. The molecule has 1 spiro atoms. The first-order valence-corrected chi connectivity index (χ1v) is 8.82. The number of hydrogen-bond donors (Lipinski definition) is 1. The number of pyridine rings is 1. The Morgan fingerprint density at radius 3 is 2.85 bits per heavy atom. The molecule has 1 unspecified atom stereocenters. The molecular formula is C18H23N5O3. The van der Waals surface area contributed by atoms with Crippen LogP contribution in [0.25, 0.3) is 5.82 Å². The fourth-order valence-corrected chi connectivity index (χ4v) is 3.49. The first-order valence-electron chi connectivity index (χ1n) is 8.82. The van der Waals surface area contributed by atoms with Crippen molar-refractivity contribution in [1.29, 1.82) is 0 Å². The highest BCUT2D eigenvalue weighted by Crippen LogP contribution is 2.27. The number of carbonyl (C=O) groups is 1. The number of aryl methyl sites for hydroxylation is 2. The third-order valence-corrected chi connectivity index (χ3v) is 4.83. The number of nitrogens with zero attached hydrogens (tertiary/aromatic N) is 4. The van der Waals surface area contributed by atoms with E-state index in [9.17, 15) is 4.79 Å². The highest BCUT2D eigenvalue weighted by atomic mass is 16.6. The molecule has 2 saturated heterocycles. The van der Waals surface area contributed by atoms with Crippen molar-refractivity contribution in [2.75, 3.05) is 38.2 Å². The molecule has 0 aliphatic carbocycles. The summed E-state index contributed by atoms with van der Waals surface area (Å²) in [5.41, 5.74) is 2.28. The minimum absolute atomic E-state index is 0.139. The number of carbonyl (C=O) groups excluding carboxylic acids is 1. The molecule has 8 heteroatoms. The third-order valence-electron chi connectivity index (χ3n) is 4.83. The monoisotopic (exact) mass is 357 g/mol. The Morgan fingerprint density at radius 2 is 2.19 bits per heavy atom. The standard InChI is InChI=1S/C18H23N5O3/c1-13-9-14(2)23(21-13)16-4-3-15(10-19-16)20-17(24)22-6-8-26-18(11-22)5-7-25-12-18/h3-4,9-10H,5-8,11-12H2,1-2H3,(H,20,24). The van der Waals surface area contributed by atoms with Gasteiger partial charge in [0, 0.05) is 25.3 Å². The number of nitrogens with one attached hydrogen (secondary N) is 1. The van der Waals surface area contributed by atoms with Crippen LogP contribution in [-0.4, -0.2) is 64.2 Å². The van der Waals surface area contributed by atoms with Gasteiger partial charge in [0.1, 0.15) is 5.60 Å². The molecule has 8 nitrogen and oxygen atoms in total. The highest BCUT2D eigenvalue weighted by Gasteiger charge is 2.41. The Balaban J connectivity index is 1.42. The van der Waals surface area contributed by atoms with Gasteiger partial charge in [-0.25, -0.2) is 14.5 Å². The van der Waals surface area contributed by atoms with Crippen molar-refractivity contribution in [3.05, 3.63) is 35.8 Å². The minimum Gasteiger partial charge on any atom is -0.378 e. The zero-order chi connectivity index (χ0) is 18.1. The summed E-state index contributed by atoms with van der Waals surface area (Å²) in [6.07, 6.45) is 2.48. The maximum atomic E-state index is 12.6. The Kier molecular flexibility index (Phi) is 4.37. The predicted octanol–water partition coefficient (Wildman–Crippen LogP) is 1.91. The summed E-state index contributed by atoms with van der Waals surface area (Å²) in [7, 11) is 0. The SMILES string of the molecule is Cc1cc(C)n(-c2ccc(NC(=O)N3CCOC4(CCOC4)C3)cn2)n1. The minimum atomic E-state index is -0.340. The Hall–Kier alpha value is -2.45. The van der Waals surface area contributed by atoms with Gasteiger partial charge in [-0.1, -0.05) is 0 Å². The molecule has 138 valence electrons. The molecule has 0 bridgehead atoms. The lowest BCUT2D eigenvalue weighted by molar-refractivity contribution is -0.0964. The van der Waals surface area contributed by atoms with E-state index < -0.39 is 0 Å². The van der Waals surface area contributed by atoms with Crippen molar-refractivity contribution in [1.82, 2.24) is 19.7 Å². The van der Waals surface area contributed by atoms with E-state index in [1.54, 1.807) is 15.8 Å². The molecule has 0 saturated carbocycles. The van der Waals surface area contributed by atoms with E-state index in [1.807, 2.05) is 32.0 Å². The number of rotatable bonds is 2. The maximum Gasteiger partial charge on any atom is 0.322 e. The summed E-state index contributed by atoms with van der Waals surface area (Å²) < 4.78 is 13.1. The van der Waals surface area contributed by atoms with E-state index in [0.29, 0.717) is 38.6 Å². The summed E-state index contributed by atoms with van der Waals surface area (Å²) in [6.45, 7) is 6.83. The van der Waals surface area contributed by atoms with Crippen molar-refractivity contribution < 1.29 is 14.3 Å². The normalized spacial score (nSPS) is 22.8. The van der Waals surface area contributed by atoms with Crippen LogP contribution >= 0.6 is 0 Å². The summed E-state index contributed by atoms with van der Waals surface area (Å²) in [5, 5.41) is 7.33. The number of urea groups is 1. The Morgan fingerprint density at radius 1 is 1.31 bits per heavy atom. The lowest BCUT2D eigenvalue weighted by atomic mass is 10.0. The summed E-state index contributed by atoms with van der Waals surface area (Å²) in [5.74, 6) is 0.724. The number of amides is 2. The number of hydrogen-bond acceptors (Lipinski definition) is 5. The lowest BCUT2D eigenvalue weighted by Crippen LogP contribution is -2.55. The number of morpholine rings is 1. The van der Waals surface area contributed by atoms with Crippen LogP contribution in [0, 0.1) is 13.8 Å². The van der Waals surface area contributed by atoms with Crippen LogP contribution in [-0.2, 0) is 9.47 Å². The van der Waals surface area contributed by atoms with Crippen molar-refractivity contribution in [2.45, 2.75) is 25.9 Å². The van der Waals surface area contributed by atoms with Crippen LogP contribution in [0.3, 0.4) is 0 Å². The second kappa shape index (κ2) is 6.69. The molecule has 0 radical (unpaired) electrons. The van der Waals surface area contributed by atoms with Gasteiger partial charge < -0.3 is 19.7 Å². The van der Waals surface area contributed by atoms with Crippen molar-refractivity contribution in [3.8, 4) is 5.82 Å². The summed E-state index contributed by atoms with van der Waals surface area (Å²) in [6, 6.07) is 5.55. The number of ether oxygens (including phenoxy) is 2. The second-order valence-electron chi connectivity index (χ2n) is 6.93. The molecule has 1 atom stereocenters. The van der Waals surface area contributed by atoms with E-state index >= 15 is 0 Å². The van der Waals surface area contributed by atoms with Gasteiger partial charge >= 0.3 is 6.03 Å². The third kappa shape index (κ3) is 3.30. The van der Waals surface area contributed by atoms with Gasteiger partial charge in [0.2, 0.25) is 0 Å². The molecule has 1 N–H and O–H groups in total. The predicted molar refractivity (Wildman–Crippen MR) is 95.5 cm³/mol. The molecule has 0 aromatic carbocycles. The number of anilines is 1. The zero-order valence-corrected chi connectivity index (χ0v) is 15.1. The molecule has 2 amide bonds. The second-order valence-corrected chi connectivity index (χ2v) is 6.93. The maximum absolute atomic E-state index is 12.6. The van der Waals surface area contributed by atoms with E-state index in [2.05, 4.69) is 15.4 Å². The van der Waals surface area contributed by atoms with Gasteiger partial charge in [-0.05, 0) is 32.0 Å². The fraction of sp³-hybridized carbons (Fsp3) is 0.500. The average Bonchev–Trinajstić information content (AvgIpc) is 3.21. The van der Waals surface area contributed by atoms with E-state index in [0.717, 1.165) is 23.6 Å². The highest BCUT2D eigenvalue weighted by molar-refractivity contribution is 5.89. The molecule has 26 heavy (non-hydrogen) atoms. The molecule has 2 aromatic rings. The van der Waals surface area contributed by atoms with Gasteiger partial charge in [-0.2, -0.15) is 5.10 Å². The van der Waals surface area contributed by atoms with Crippen molar-refractivity contribution in [3.63, 3.8) is 0 Å². The van der Waals surface area contributed by atoms with Gasteiger partial charge in [-0.15, -0.1) is 0 Å². The molecule has 2 aromatic heterocycles. The van der Waals surface area contributed by atoms with E-state index in [-0.39, 0.29) is 11.6 Å². The molecule has 2 aliphatic rings. The van der Waals surface area contributed by atoms with E-state index in [4.69, 9.17) is 9.47 Å².